The maximum absolute atomic E-state index is 17.5. The largest absolute Gasteiger partial charge is 0.478 e. The van der Waals surface area contributed by atoms with Crippen molar-refractivity contribution >= 4 is 41.2 Å². The van der Waals surface area contributed by atoms with Crippen LogP contribution in [-0.4, -0.2) is 110 Å². The third-order valence-electron chi connectivity index (χ3n) is 19.5. The number of carbonyl (C=O) groups is 7. The zero-order valence-corrected chi connectivity index (χ0v) is 42.4. The lowest BCUT2D eigenvalue weighted by Crippen LogP contribution is -2.71. The van der Waals surface area contributed by atoms with Gasteiger partial charge < -0.3 is 29.5 Å². The number of rotatable bonds is 9. The molecule has 73 heavy (non-hydrogen) atoms. The zero-order valence-electron chi connectivity index (χ0n) is 42.4. The number of aliphatic hydroxyl groups is 2. The summed E-state index contributed by atoms with van der Waals surface area (Å²) < 4.78 is 82.8. The van der Waals surface area contributed by atoms with Crippen molar-refractivity contribution in [3.8, 4) is 0 Å². The molecule has 18 atom stereocenters. The van der Waals surface area contributed by atoms with E-state index in [4.69, 9.17) is 14.2 Å². The van der Waals surface area contributed by atoms with Gasteiger partial charge in [-0.2, -0.15) is 0 Å². The Bertz CT molecular complexity index is 2630. The summed E-state index contributed by atoms with van der Waals surface area (Å²) in [5.41, 5.74) is -13.9. The van der Waals surface area contributed by atoms with Gasteiger partial charge in [0.2, 0.25) is 11.2 Å². The number of hydrogen-bond donors (Lipinski definition) is 3. The summed E-state index contributed by atoms with van der Waals surface area (Å²) in [6, 6.07) is 8.28. The smallest absolute Gasteiger partial charge is 0.351 e. The minimum atomic E-state index is -2.35. The Kier molecular flexibility index (Phi) is 13.5. The van der Waals surface area contributed by atoms with Crippen LogP contribution in [0.5, 0.6) is 0 Å². The highest BCUT2D eigenvalue weighted by Gasteiger charge is 2.80. The number of aliphatic hydroxyl groups excluding tert-OH is 2. The second-order valence-corrected chi connectivity index (χ2v) is 22.8. The molecule has 0 spiro atoms. The van der Waals surface area contributed by atoms with Crippen LogP contribution in [-0.2, 0) is 43.0 Å². The molecule has 6 fully saturated rings. The van der Waals surface area contributed by atoms with Gasteiger partial charge >= 0.3 is 23.9 Å². The van der Waals surface area contributed by atoms with Gasteiger partial charge in [-0.3, -0.25) is 24.0 Å². The number of allylic oxidation sites excluding steroid dienone is 8. The van der Waals surface area contributed by atoms with Crippen molar-refractivity contribution < 1.29 is 80.7 Å². The van der Waals surface area contributed by atoms with E-state index in [1.54, 1.807) is 71.9 Å². The molecule has 0 saturated heterocycles. The molecule has 3 N–H and O–H groups in total. The van der Waals surface area contributed by atoms with Crippen LogP contribution >= 0.6 is 0 Å². The van der Waals surface area contributed by atoms with Gasteiger partial charge in [-0.05, 0) is 99.7 Å². The summed E-state index contributed by atoms with van der Waals surface area (Å²) in [6.45, 7) is 12.1. The predicted molar refractivity (Wildman–Crippen MR) is 254 cm³/mol. The number of ketones is 3. The molecule has 8 aliphatic carbocycles. The molecule has 0 aromatic heterocycles. The number of carboxylic acid groups (broad SMARTS) is 1. The average molecular weight is 1020 g/mol. The lowest BCUT2D eigenvalue weighted by molar-refractivity contribution is -0.238. The van der Waals surface area contributed by atoms with Gasteiger partial charge in [0.15, 0.2) is 35.3 Å². The SMILES string of the molecule is CCC(=O)O[C@]1(C(=O)O)[C@H](C)CC2C3C[C@H](F)C4=CC(=O)C=C[C@]4(C)[C@@]3(F)[C@@H](O)C[C@@]21C.CCC(=O)O[C@]1(C(=O)OCC(=O)c2ccccc2)[C@H](C)CC2C3C[C@H](F)C4=CC(=O)C=C[C@]4(C)[C@@]3(F)[C@@H](O)C[C@@]21C. The van der Waals surface area contributed by atoms with Gasteiger partial charge in [0.25, 0.3) is 0 Å². The average Bonchev–Trinajstić information content (AvgIpc) is 3.70. The van der Waals surface area contributed by atoms with Crippen LogP contribution in [0.1, 0.15) is 117 Å². The topological polar surface area (TPSA) is 208 Å². The van der Waals surface area contributed by atoms with Gasteiger partial charge in [0.05, 0.1) is 12.2 Å². The fourth-order valence-corrected chi connectivity index (χ4v) is 15.9. The summed E-state index contributed by atoms with van der Waals surface area (Å²) >= 11 is 0. The molecule has 0 bridgehead atoms. The summed E-state index contributed by atoms with van der Waals surface area (Å²) in [7, 11) is 0. The van der Waals surface area contributed by atoms with Crippen LogP contribution in [0.15, 0.2) is 77.9 Å². The second-order valence-electron chi connectivity index (χ2n) is 22.8. The maximum Gasteiger partial charge on any atom is 0.351 e. The highest BCUT2D eigenvalue weighted by atomic mass is 19.2. The minimum Gasteiger partial charge on any atom is -0.478 e. The van der Waals surface area contributed by atoms with Crippen molar-refractivity contribution in [1.82, 2.24) is 0 Å². The van der Waals surface area contributed by atoms with Crippen LogP contribution in [0.2, 0.25) is 0 Å². The lowest BCUT2D eigenvalue weighted by Gasteiger charge is -2.63. The number of carbonyl (C=O) groups excluding carboxylic acids is 6. The molecule has 0 amide bonds. The number of fused-ring (bicyclic) bond motifs is 10. The van der Waals surface area contributed by atoms with Gasteiger partial charge in [0.1, 0.15) is 12.3 Å². The zero-order chi connectivity index (χ0) is 53.8. The second kappa shape index (κ2) is 18.2. The molecular formula is C56H66F4O13. The monoisotopic (exact) mass is 1020 g/mol. The van der Waals surface area contributed by atoms with E-state index in [0.717, 1.165) is 12.2 Å². The number of alkyl halides is 4. The van der Waals surface area contributed by atoms with Gasteiger partial charge in [-0.25, -0.2) is 27.2 Å². The predicted octanol–water partition coefficient (Wildman–Crippen LogP) is 8.00. The normalized spacial score (nSPS) is 44.7. The third kappa shape index (κ3) is 7.29. The number of ether oxygens (including phenoxy) is 3. The van der Waals surface area contributed by atoms with Crippen LogP contribution in [0.4, 0.5) is 17.6 Å². The van der Waals surface area contributed by atoms with E-state index < -0.39 is 152 Å². The summed E-state index contributed by atoms with van der Waals surface area (Å²) in [6.07, 6.45) is -0.0466. The first-order valence-electron chi connectivity index (χ1n) is 25.4. The molecule has 8 aliphatic rings. The van der Waals surface area contributed by atoms with Crippen LogP contribution < -0.4 is 0 Å². The molecule has 13 nitrogen and oxygen atoms in total. The Morgan fingerprint density at radius 1 is 0.644 bits per heavy atom. The standard InChI is InChI=1S/C32H36F2O7.C24H30F2O6/c1-5-27(38)41-32(28(39)40-17-25(36)19-9-7-6-8-10-19)18(2)13-21-22-15-24(33)23-14-20(35)11-12-29(23,3)31(22,34)26(37)16-30(21,32)4;1-5-19(29)32-24(20(30)31)12(2)8-14-15-10-17(25)16-9-13(27)6-7-21(16,3)23(15,26)18(28)11-22(14,24)4/h6-12,14,18,21-22,24,26,37H,5,13,15-17H2,1-4H3;6-7,9,12,14-15,17-18,28H,5,8,10-11H2,1-4H3,(H,30,31)/t18-,21?,22?,24+,26+,29+,30+,31+,32+;12-,14?,15?,17+,18+,21+,22+,23+,24+/m11/s1. The quantitative estimate of drug-likeness (QED) is 0.0929. The first-order chi connectivity index (χ1) is 34.0. The first kappa shape index (κ1) is 54.0. The number of benzene rings is 1. The molecule has 1 aromatic rings. The fraction of sp³-hybridized carbons (Fsp3) is 0.625. The molecule has 1 aromatic carbocycles. The summed E-state index contributed by atoms with van der Waals surface area (Å²) in [5.74, 6) is -9.73. The molecule has 6 saturated carbocycles. The Hall–Kier alpha value is -5.29. The third-order valence-corrected chi connectivity index (χ3v) is 19.5. The number of aliphatic carboxylic acids is 1. The van der Waals surface area contributed by atoms with E-state index >= 15 is 17.6 Å². The van der Waals surface area contributed by atoms with Crippen molar-refractivity contribution in [3.63, 3.8) is 0 Å². The molecule has 396 valence electrons. The van der Waals surface area contributed by atoms with E-state index in [0.29, 0.717) is 5.56 Å². The van der Waals surface area contributed by atoms with Crippen LogP contribution in [0.3, 0.4) is 0 Å². The molecule has 0 radical (unpaired) electrons. The molecule has 0 heterocycles. The minimum absolute atomic E-state index is 0.0000402. The van der Waals surface area contributed by atoms with Crippen LogP contribution in [0.25, 0.3) is 0 Å². The van der Waals surface area contributed by atoms with E-state index in [2.05, 4.69) is 0 Å². The lowest BCUT2D eigenvalue weighted by atomic mass is 9.44. The van der Waals surface area contributed by atoms with Gasteiger partial charge in [-0.1, -0.05) is 84.0 Å². The Morgan fingerprint density at radius 3 is 1.48 bits per heavy atom. The van der Waals surface area contributed by atoms with Crippen LogP contribution in [0, 0.1) is 57.2 Å². The Balaban J connectivity index is 0.000000201. The van der Waals surface area contributed by atoms with Gasteiger partial charge in [-0.15, -0.1) is 0 Å². The van der Waals surface area contributed by atoms with E-state index in [9.17, 15) is 48.9 Å². The number of halogens is 4. The first-order valence-corrected chi connectivity index (χ1v) is 25.4. The van der Waals surface area contributed by atoms with Crippen molar-refractivity contribution in [2.75, 3.05) is 6.61 Å². The Labute approximate surface area is 421 Å². The van der Waals surface area contributed by atoms with E-state index in [1.165, 1.54) is 38.2 Å². The molecule has 0 aliphatic heterocycles. The number of carboxylic acids is 1. The van der Waals surface area contributed by atoms with Crippen molar-refractivity contribution in [2.45, 2.75) is 154 Å². The van der Waals surface area contributed by atoms with Crippen molar-refractivity contribution in [2.24, 2.45) is 57.2 Å². The van der Waals surface area contributed by atoms with E-state index in [1.807, 2.05) is 0 Å². The molecule has 9 rings (SSSR count). The van der Waals surface area contributed by atoms with Crippen molar-refractivity contribution in [1.29, 1.82) is 0 Å². The molecule has 17 heteroatoms. The molecular weight excluding hydrogens is 957 g/mol. The summed E-state index contributed by atoms with van der Waals surface area (Å²) in [4.78, 5) is 88.4. The van der Waals surface area contributed by atoms with E-state index in [-0.39, 0.29) is 62.5 Å². The number of Topliss-reactive ketones (excluding diaryl/α,β-unsaturated/α-hetero) is 1. The number of hydrogen-bond acceptors (Lipinski definition) is 12. The maximum atomic E-state index is 17.5. The highest BCUT2D eigenvalue weighted by molar-refractivity contribution is 6.02. The highest BCUT2D eigenvalue weighted by Crippen LogP contribution is 2.73. The van der Waals surface area contributed by atoms with Crippen molar-refractivity contribution in [3.05, 3.63) is 83.5 Å². The van der Waals surface area contributed by atoms with Gasteiger partial charge in [0, 0.05) is 63.7 Å². The summed E-state index contributed by atoms with van der Waals surface area (Å²) in [5, 5.41) is 33.1. The fourth-order valence-electron chi connectivity index (χ4n) is 15.9. The number of esters is 3. The molecule has 4 unspecified atom stereocenters. The Morgan fingerprint density at radius 2 is 1.05 bits per heavy atom.